The zero-order valence-corrected chi connectivity index (χ0v) is 9.14. The van der Waals surface area contributed by atoms with Gasteiger partial charge in [0.25, 0.3) is 0 Å². The van der Waals surface area contributed by atoms with E-state index in [4.69, 9.17) is 16.9 Å². The molecule has 0 unspecified atom stereocenters. The van der Waals surface area contributed by atoms with Crippen molar-refractivity contribution in [2.45, 2.75) is 6.42 Å². The molecule has 0 aliphatic rings. The fraction of sp³-hybridized carbons (Fsp3) is 0.100. The van der Waals surface area contributed by atoms with E-state index in [-0.39, 0.29) is 0 Å². The fourth-order valence-corrected chi connectivity index (χ4v) is 1.61. The minimum atomic E-state index is 0.409. The molecule has 0 aliphatic heterocycles. The zero-order chi connectivity index (χ0) is 9.68. The normalized spacial score (nSPS) is 10.2. The van der Waals surface area contributed by atoms with Crippen LogP contribution in [0.15, 0.2) is 28.7 Å². The molecule has 0 spiro atoms. The number of hydrogen-bond donors (Lipinski definition) is 0. The molecule has 1 nitrogen and oxygen atoms in total. The summed E-state index contributed by atoms with van der Waals surface area (Å²) in [4.78, 5) is 0. The molecule has 0 radical (unpaired) electrons. The number of allylic oxidation sites excluding steroid dienone is 1. The minimum absolute atomic E-state index is 0.409. The van der Waals surface area contributed by atoms with Crippen LogP contribution >= 0.6 is 27.5 Å². The van der Waals surface area contributed by atoms with Gasteiger partial charge in [0.1, 0.15) is 0 Å². The Kier molecular flexibility index (Phi) is 4.01. The highest BCUT2D eigenvalue weighted by atomic mass is 79.9. The molecule has 66 valence electrons. The van der Waals surface area contributed by atoms with Gasteiger partial charge in [-0.3, -0.25) is 0 Å². The number of hydrogen-bond acceptors (Lipinski definition) is 1. The number of benzene rings is 1. The van der Waals surface area contributed by atoms with Crippen LogP contribution in [0.25, 0.3) is 6.08 Å². The summed E-state index contributed by atoms with van der Waals surface area (Å²) in [6, 6.07) is 7.67. The Morgan fingerprint density at radius 2 is 2.31 bits per heavy atom. The van der Waals surface area contributed by atoms with E-state index in [1.54, 1.807) is 6.08 Å². The smallest absolute Gasteiger partial charge is 0.0663 e. The van der Waals surface area contributed by atoms with Gasteiger partial charge in [-0.2, -0.15) is 5.26 Å². The molecule has 13 heavy (non-hydrogen) atoms. The Morgan fingerprint density at radius 3 is 2.92 bits per heavy atom. The number of nitriles is 1. The zero-order valence-electron chi connectivity index (χ0n) is 6.80. The van der Waals surface area contributed by atoms with Gasteiger partial charge in [-0.25, -0.2) is 0 Å². The first-order valence-electron chi connectivity index (χ1n) is 3.72. The lowest BCUT2D eigenvalue weighted by atomic mass is 10.2. The quantitative estimate of drug-likeness (QED) is 0.784. The molecule has 0 amide bonds. The second-order valence-electron chi connectivity index (χ2n) is 2.43. The first-order chi connectivity index (χ1) is 6.24. The van der Waals surface area contributed by atoms with Crippen LogP contribution in [0.2, 0.25) is 5.02 Å². The molecule has 1 aromatic rings. The van der Waals surface area contributed by atoms with Crippen molar-refractivity contribution in [3.8, 4) is 6.07 Å². The summed E-state index contributed by atoms with van der Waals surface area (Å²) >= 11 is 9.26. The van der Waals surface area contributed by atoms with Crippen LogP contribution in [0.3, 0.4) is 0 Å². The molecule has 0 fully saturated rings. The molecule has 0 aromatic heterocycles. The minimum Gasteiger partial charge on any atom is -0.198 e. The Bertz CT molecular complexity index is 366. The summed E-state index contributed by atoms with van der Waals surface area (Å²) in [6.07, 6.45) is 4.04. The number of rotatable bonds is 2. The van der Waals surface area contributed by atoms with Crippen molar-refractivity contribution in [2.24, 2.45) is 0 Å². The van der Waals surface area contributed by atoms with Crippen LogP contribution in [0, 0.1) is 11.3 Å². The van der Waals surface area contributed by atoms with Crippen LogP contribution < -0.4 is 0 Å². The van der Waals surface area contributed by atoms with E-state index in [9.17, 15) is 0 Å². The van der Waals surface area contributed by atoms with Crippen LogP contribution in [0.1, 0.15) is 12.0 Å². The molecule has 3 heteroatoms. The lowest BCUT2D eigenvalue weighted by Crippen LogP contribution is -1.74. The van der Waals surface area contributed by atoms with E-state index in [1.165, 1.54) is 0 Å². The van der Waals surface area contributed by atoms with Gasteiger partial charge in [-0.05, 0) is 17.7 Å². The van der Waals surface area contributed by atoms with E-state index in [0.29, 0.717) is 11.4 Å². The maximum absolute atomic E-state index is 8.32. The van der Waals surface area contributed by atoms with Crippen molar-refractivity contribution in [3.05, 3.63) is 39.3 Å². The lowest BCUT2D eigenvalue weighted by Gasteiger charge is -1.97. The van der Waals surface area contributed by atoms with Gasteiger partial charge in [0.2, 0.25) is 0 Å². The molecule has 0 N–H and O–H groups in total. The van der Waals surface area contributed by atoms with E-state index in [1.807, 2.05) is 30.3 Å². The summed E-state index contributed by atoms with van der Waals surface area (Å²) in [5, 5.41) is 9.00. The third-order valence-electron chi connectivity index (χ3n) is 1.47. The highest BCUT2D eigenvalue weighted by molar-refractivity contribution is 9.10. The molecule has 1 rings (SSSR count). The molecule has 0 atom stereocenters. The molecule has 0 saturated carbocycles. The monoisotopic (exact) mass is 255 g/mol. The van der Waals surface area contributed by atoms with Gasteiger partial charge < -0.3 is 0 Å². The molecule has 0 heterocycles. The number of halogens is 2. The van der Waals surface area contributed by atoms with Crippen molar-refractivity contribution in [2.75, 3.05) is 0 Å². The third-order valence-corrected chi connectivity index (χ3v) is 2.29. The fourth-order valence-electron chi connectivity index (χ4n) is 0.875. The topological polar surface area (TPSA) is 23.8 Å². The summed E-state index contributed by atoms with van der Waals surface area (Å²) in [7, 11) is 0. The first kappa shape index (κ1) is 10.3. The van der Waals surface area contributed by atoms with Crippen molar-refractivity contribution in [1.29, 1.82) is 5.26 Å². The SMILES string of the molecule is N#CCC=Cc1ccc(Br)cc1Cl. The van der Waals surface area contributed by atoms with Crippen LogP contribution in [0.5, 0.6) is 0 Å². The van der Waals surface area contributed by atoms with Gasteiger partial charge in [-0.1, -0.05) is 45.7 Å². The Balaban J connectivity index is 2.85. The maximum atomic E-state index is 8.32. The van der Waals surface area contributed by atoms with E-state index in [2.05, 4.69) is 15.9 Å². The summed E-state index contributed by atoms with van der Waals surface area (Å²) in [5.74, 6) is 0. The van der Waals surface area contributed by atoms with Gasteiger partial charge in [0, 0.05) is 9.50 Å². The van der Waals surface area contributed by atoms with Crippen molar-refractivity contribution >= 4 is 33.6 Å². The molecular weight excluding hydrogens is 249 g/mol. The lowest BCUT2D eigenvalue weighted by molar-refractivity contribution is 1.36. The second kappa shape index (κ2) is 5.06. The van der Waals surface area contributed by atoms with Crippen LogP contribution in [-0.4, -0.2) is 0 Å². The Hall–Kier alpha value is -0.780. The van der Waals surface area contributed by atoms with Gasteiger partial charge in [-0.15, -0.1) is 0 Å². The molecule has 0 saturated heterocycles. The van der Waals surface area contributed by atoms with E-state index in [0.717, 1.165) is 10.0 Å². The highest BCUT2D eigenvalue weighted by Gasteiger charge is 1.95. The Morgan fingerprint density at radius 1 is 1.54 bits per heavy atom. The standard InChI is InChI=1S/C10H7BrClN/c11-9-5-4-8(10(12)7-9)3-1-2-6-13/h1,3-5,7H,2H2. The van der Waals surface area contributed by atoms with Crippen LogP contribution in [-0.2, 0) is 0 Å². The average Bonchev–Trinajstić information content (AvgIpc) is 2.09. The largest absolute Gasteiger partial charge is 0.198 e. The van der Waals surface area contributed by atoms with Crippen molar-refractivity contribution in [3.63, 3.8) is 0 Å². The first-order valence-corrected chi connectivity index (χ1v) is 4.89. The van der Waals surface area contributed by atoms with Crippen molar-refractivity contribution in [1.82, 2.24) is 0 Å². The summed E-state index contributed by atoms with van der Waals surface area (Å²) < 4.78 is 0.954. The van der Waals surface area contributed by atoms with E-state index >= 15 is 0 Å². The molecule has 0 aliphatic carbocycles. The highest BCUT2D eigenvalue weighted by Crippen LogP contribution is 2.22. The summed E-state index contributed by atoms with van der Waals surface area (Å²) in [5.41, 5.74) is 0.931. The van der Waals surface area contributed by atoms with Gasteiger partial charge in [0.15, 0.2) is 0 Å². The number of nitrogens with zero attached hydrogens (tertiary/aromatic N) is 1. The predicted octanol–water partition coefficient (Wildman–Crippen LogP) is 4.03. The maximum Gasteiger partial charge on any atom is 0.0663 e. The summed E-state index contributed by atoms with van der Waals surface area (Å²) in [6.45, 7) is 0. The molecule has 1 aromatic carbocycles. The van der Waals surface area contributed by atoms with Crippen LogP contribution in [0.4, 0.5) is 0 Å². The van der Waals surface area contributed by atoms with Gasteiger partial charge >= 0.3 is 0 Å². The molecular formula is C10H7BrClN. The van der Waals surface area contributed by atoms with Gasteiger partial charge in [0.05, 0.1) is 12.5 Å². The predicted molar refractivity (Wildman–Crippen MR) is 58.4 cm³/mol. The second-order valence-corrected chi connectivity index (χ2v) is 3.75. The molecule has 0 bridgehead atoms. The van der Waals surface area contributed by atoms with Crippen molar-refractivity contribution < 1.29 is 0 Å². The average molecular weight is 257 g/mol. The Labute approximate surface area is 90.8 Å². The third kappa shape index (κ3) is 3.22. The van der Waals surface area contributed by atoms with E-state index < -0.39 is 0 Å².